The molecule has 0 fully saturated rings. The standard InChI is InChI=1S/C31H31NO3/c1-5-32(6-2)25-15-12-23(13-16-25)31(24-14-18-29(33-3)30(21-24)34-4)20-19-27-26-10-8-7-9-22(26)11-17-28(27)35-31/h7-21H,5-6H2,1-4H3. The molecule has 0 spiro atoms. The van der Waals surface area contributed by atoms with Gasteiger partial charge in [0.25, 0.3) is 0 Å². The first kappa shape index (κ1) is 22.9. The van der Waals surface area contributed by atoms with E-state index < -0.39 is 5.60 Å². The minimum atomic E-state index is -0.809. The molecular weight excluding hydrogens is 434 g/mol. The molecule has 0 N–H and O–H groups in total. The fourth-order valence-electron chi connectivity index (χ4n) is 5.00. The lowest BCUT2D eigenvalue weighted by Crippen LogP contribution is -2.34. The lowest BCUT2D eigenvalue weighted by molar-refractivity contribution is 0.161. The third-order valence-electron chi connectivity index (χ3n) is 6.92. The zero-order valence-electron chi connectivity index (χ0n) is 20.7. The van der Waals surface area contributed by atoms with Gasteiger partial charge < -0.3 is 19.1 Å². The number of hydrogen-bond donors (Lipinski definition) is 0. The van der Waals surface area contributed by atoms with E-state index in [0.717, 1.165) is 35.5 Å². The van der Waals surface area contributed by atoms with Gasteiger partial charge in [-0.2, -0.15) is 0 Å². The van der Waals surface area contributed by atoms with Gasteiger partial charge >= 0.3 is 0 Å². The topological polar surface area (TPSA) is 30.9 Å². The summed E-state index contributed by atoms with van der Waals surface area (Å²) in [6, 6.07) is 27.3. The molecule has 5 rings (SSSR count). The van der Waals surface area contributed by atoms with Crippen LogP contribution in [0.2, 0.25) is 0 Å². The Morgan fingerprint density at radius 2 is 1.49 bits per heavy atom. The van der Waals surface area contributed by atoms with Crippen molar-refractivity contribution in [3.05, 3.63) is 102 Å². The van der Waals surface area contributed by atoms with E-state index in [1.54, 1.807) is 14.2 Å². The van der Waals surface area contributed by atoms with E-state index >= 15 is 0 Å². The third-order valence-corrected chi connectivity index (χ3v) is 6.92. The number of anilines is 1. The Morgan fingerprint density at radius 1 is 0.771 bits per heavy atom. The Bertz CT molecular complexity index is 1370. The van der Waals surface area contributed by atoms with E-state index in [1.165, 1.54) is 16.5 Å². The Hall–Kier alpha value is -3.92. The summed E-state index contributed by atoms with van der Waals surface area (Å²) in [6.45, 7) is 6.29. The second-order valence-corrected chi connectivity index (χ2v) is 8.66. The molecule has 1 unspecified atom stereocenters. The van der Waals surface area contributed by atoms with Crippen molar-refractivity contribution in [3.8, 4) is 17.2 Å². The van der Waals surface area contributed by atoms with Gasteiger partial charge in [-0.1, -0.05) is 48.5 Å². The Morgan fingerprint density at radius 3 is 2.20 bits per heavy atom. The number of nitrogens with zero attached hydrogens (tertiary/aromatic N) is 1. The van der Waals surface area contributed by atoms with Crippen LogP contribution in [0.3, 0.4) is 0 Å². The number of rotatable bonds is 7. The van der Waals surface area contributed by atoms with Crippen LogP contribution in [0.5, 0.6) is 17.2 Å². The average molecular weight is 466 g/mol. The van der Waals surface area contributed by atoms with Crippen LogP contribution in [-0.4, -0.2) is 27.3 Å². The van der Waals surface area contributed by atoms with Crippen molar-refractivity contribution in [3.63, 3.8) is 0 Å². The lowest BCUT2D eigenvalue weighted by atomic mass is 9.83. The zero-order chi connectivity index (χ0) is 24.4. The molecule has 0 aromatic heterocycles. The van der Waals surface area contributed by atoms with Gasteiger partial charge in [0.1, 0.15) is 5.75 Å². The molecule has 0 amide bonds. The molecule has 0 aliphatic carbocycles. The molecule has 0 saturated carbocycles. The smallest absolute Gasteiger partial charge is 0.178 e. The van der Waals surface area contributed by atoms with Crippen molar-refractivity contribution in [1.29, 1.82) is 0 Å². The Labute approximate surface area is 207 Å². The molecule has 0 saturated heterocycles. The van der Waals surface area contributed by atoms with Gasteiger partial charge in [-0.05, 0) is 67.1 Å². The molecule has 4 aromatic rings. The van der Waals surface area contributed by atoms with Gasteiger partial charge in [0.2, 0.25) is 0 Å². The largest absolute Gasteiger partial charge is 0.493 e. The Balaban J connectivity index is 1.68. The third kappa shape index (κ3) is 3.89. The Kier molecular flexibility index (Phi) is 6.12. The highest BCUT2D eigenvalue weighted by Crippen LogP contribution is 2.46. The van der Waals surface area contributed by atoms with Crippen molar-refractivity contribution < 1.29 is 14.2 Å². The van der Waals surface area contributed by atoms with Gasteiger partial charge in [0, 0.05) is 35.5 Å². The van der Waals surface area contributed by atoms with E-state index in [-0.39, 0.29) is 0 Å². The second-order valence-electron chi connectivity index (χ2n) is 8.66. The first-order valence-corrected chi connectivity index (χ1v) is 12.1. The fourth-order valence-corrected chi connectivity index (χ4v) is 5.00. The number of hydrogen-bond acceptors (Lipinski definition) is 4. The second kappa shape index (κ2) is 9.38. The lowest BCUT2D eigenvalue weighted by Gasteiger charge is -2.37. The van der Waals surface area contributed by atoms with Crippen LogP contribution in [0.1, 0.15) is 30.5 Å². The molecule has 4 nitrogen and oxygen atoms in total. The van der Waals surface area contributed by atoms with E-state index in [9.17, 15) is 0 Å². The summed E-state index contributed by atoms with van der Waals surface area (Å²) in [5.41, 5.74) is 3.51. The van der Waals surface area contributed by atoms with Crippen molar-refractivity contribution in [1.82, 2.24) is 0 Å². The summed E-state index contributed by atoms with van der Waals surface area (Å²) in [5.74, 6) is 2.22. The number of fused-ring (bicyclic) bond motifs is 3. The fraction of sp³-hybridized carbons (Fsp3) is 0.226. The first-order valence-electron chi connectivity index (χ1n) is 12.1. The van der Waals surface area contributed by atoms with Crippen LogP contribution in [0.15, 0.2) is 84.9 Å². The highest BCUT2D eigenvalue weighted by atomic mass is 16.5. The number of ether oxygens (including phenoxy) is 3. The predicted molar refractivity (Wildman–Crippen MR) is 144 cm³/mol. The van der Waals surface area contributed by atoms with Crippen molar-refractivity contribution in [2.24, 2.45) is 0 Å². The summed E-state index contributed by atoms with van der Waals surface area (Å²) in [4.78, 5) is 2.34. The zero-order valence-corrected chi connectivity index (χ0v) is 20.7. The van der Waals surface area contributed by atoms with Crippen molar-refractivity contribution in [2.45, 2.75) is 19.4 Å². The van der Waals surface area contributed by atoms with E-state index in [1.807, 2.05) is 12.1 Å². The van der Waals surface area contributed by atoms with Crippen molar-refractivity contribution >= 4 is 22.5 Å². The number of benzene rings is 4. The summed E-state index contributed by atoms with van der Waals surface area (Å²) in [6.07, 6.45) is 4.35. The van der Waals surface area contributed by atoms with Crippen LogP contribution in [-0.2, 0) is 5.60 Å². The van der Waals surface area contributed by atoms with Crippen LogP contribution >= 0.6 is 0 Å². The summed E-state index contributed by atoms with van der Waals surface area (Å²) < 4.78 is 18.1. The molecule has 1 aliphatic heterocycles. The molecule has 4 aromatic carbocycles. The molecule has 4 heteroatoms. The molecule has 1 atom stereocenters. The van der Waals surface area contributed by atoms with Crippen LogP contribution in [0, 0.1) is 0 Å². The minimum Gasteiger partial charge on any atom is -0.493 e. The molecule has 1 heterocycles. The van der Waals surface area contributed by atoms with Gasteiger partial charge in [-0.15, -0.1) is 0 Å². The normalized spacial score (nSPS) is 16.5. The van der Waals surface area contributed by atoms with Gasteiger partial charge in [-0.3, -0.25) is 0 Å². The highest BCUT2D eigenvalue weighted by molar-refractivity contribution is 5.94. The SMILES string of the molecule is CCN(CC)c1ccc(C2(c3ccc(OC)c(OC)c3)C=Cc3c(ccc4ccccc34)O2)cc1. The molecule has 0 radical (unpaired) electrons. The predicted octanol–water partition coefficient (Wildman–Crippen LogP) is 7.05. The van der Waals surface area contributed by atoms with E-state index in [0.29, 0.717) is 11.5 Å². The van der Waals surface area contributed by atoms with Crippen molar-refractivity contribution in [2.75, 3.05) is 32.2 Å². The molecule has 0 bridgehead atoms. The monoisotopic (exact) mass is 465 g/mol. The molecule has 35 heavy (non-hydrogen) atoms. The maximum Gasteiger partial charge on any atom is 0.178 e. The average Bonchev–Trinajstić information content (AvgIpc) is 2.93. The quantitative estimate of drug-likeness (QED) is 0.293. The van der Waals surface area contributed by atoms with Gasteiger partial charge in [0.15, 0.2) is 17.1 Å². The summed E-state index contributed by atoms with van der Waals surface area (Å²) in [5, 5.41) is 2.38. The molecule has 178 valence electrons. The highest BCUT2D eigenvalue weighted by Gasteiger charge is 2.38. The van der Waals surface area contributed by atoms with Crippen LogP contribution < -0.4 is 19.1 Å². The molecular formula is C31H31NO3. The van der Waals surface area contributed by atoms with Gasteiger partial charge in [0.05, 0.1) is 14.2 Å². The number of methoxy groups -OCH3 is 2. The van der Waals surface area contributed by atoms with Crippen LogP contribution in [0.25, 0.3) is 16.8 Å². The first-order chi connectivity index (χ1) is 17.1. The maximum atomic E-state index is 6.93. The molecule has 1 aliphatic rings. The van der Waals surface area contributed by atoms with E-state index in [2.05, 4.69) is 97.6 Å². The summed E-state index contributed by atoms with van der Waals surface area (Å²) in [7, 11) is 3.31. The summed E-state index contributed by atoms with van der Waals surface area (Å²) >= 11 is 0. The van der Waals surface area contributed by atoms with Gasteiger partial charge in [-0.25, -0.2) is 0 Å². The maximum absolute atomic E-state index is 6.93. The van der Waals surface area contributed by atoms with Crippen LogP contribution in [0.4, 0.5) is 5.69 Å². The van der Waals surface area contributed by atoms with E-state index in [4.69, 9.17) is 14.2 Å². The minimum absolute atomic E-state index is 0.672.